The van der Waals surface area contributed by atoms with E-state index in [2.05, 4.69) is 40.5 Å². The molecule has 1 aliphatic carbocycles. The summed E-state index contributed by atoms with van der Waals surface area (Å²) in [5.74, 6) is -1.24. The second-order valence-electron chi connectivity index (χ2n) is 18.4. The smallest absolute Gasteiger partial charge is 0.420 e. The third kappa shape index (κ3) is 14.9. The van der Waals surface area contributed by atoms with E-state index in [9.17, 15) is 24.3 Å². The summed E-state index contributed by atoms with van der Waals surface area (Å²) in [4.78, 5) is 64.4. The maximum Gasteiger partial charge on any atom is 0.420 e. The quantitative estimate of drug-likeness (QED) is 0.117. The molecular formula is C47H67N5O6. The van der Waals surface area contributed by atoms with Crippen molar-refractivity contribution in [3.63, 3.8) is 0 Å². The van der Waals surface area contributed by atoms with Crippen LogP contribution in [0.15, 0.2) is 73.3 Å². The predicted octanol–water partition coefficient (Wildman–Crippen LogP) is 8.14. The van der Waals surface area contributed by atoms with Crippen LogP contribution < -0.4 is 10.6 Å². The standard InChI is InChI=1S/C47H67N5O6/c1-32(2)35(22-23-37-21-15-16-24-49-37)27-41(53)39(26-34-19-13-10-14-20-34)50-44(56)40(29-38-30-48-31-52(38)45(57)58-47(6,7)8)51-43(55)36(28-42(54)46(3,4)5)25-33-17-11-9-12-18-33/h9,11-12,15-18,21-24,30-32,34-36,39-41,53H,10,13-14,19-20,25-29H2,1-8H3,(H,50,56)(H,51,55)/b23-22+/t35-,36+,39-,40-,41-/m0/s1. The zero-order valence-corrected chi connectivity index (χ0v) is 35.9. The zero-order chi connectivity index (χ0) is 42.5. The number of nitrogens with zero attached hydrogens (tertiary/aromatic N) is 3. The summed E-state index contributed by atoms with van der Waals surface area (Å²) in [6, 6.07) is 13.5. The lowest BCUT2D eigenvalue weighted by molar-refractivity contribution is -0.135. The summed E-state index contributed by atoms with van der Waals surface area (Å²) >= 11 is 0. The molecule has 0 spiro atoms. The Morgan fingerprint density at radius 2 is 1.60 bits per heavy atom. The number of aliphatic hydroxyl groups is 1. The van der Waals surface area contributed by atoms with E-state index in [4.69, 9.17) is 4.74 Å². The molecule has 0 radical (unpaired) electrons. The van der Waals surface area contributed by atoms with E-state index in [1.165, 1.54) is 23.5 Å². The number of rotatable bonds is 18. The average molecular weight is 798 g/mol. The van der Waals surface area contributed by atoms with E-state index in [-0.39, 0.29) is 30.5 Å². The number of nitrogens with one attached hydrogen (secondary N) is 2. The molecule has 58 heavy (non-hydrogen) atoms. The number of hydrogen-bond acceptors (Lipinski definition) is 8. The Balaban J connectivity index is 1.67. The summed E-state index contributed by atoms with van der Waals surface area (Å²) in [5, 5.41) is 18.2. The van der Waals surface area contributed by atoms with E-state index in [1.54, 1.807) is 27.0 Å². The van der Waals surface area contributed by atoms with Gasteiger partial charge in [0.25, 0.3) is 0 Å². The summed E-state index contributed by atoms with van der Waals surface area (Å²) in [6.45, 7) is 15.0. The van der Waals surface area contributed by atoms with Gasteiger partial charge in [-0.25, -0.2) is 14.3 Å². The van der Waals surface area contributed by atoms with Crippen molar-refractivity contribution >= 4 is 29.8 Å². The Morgan fingerprint density at radius 1 is 0.914 bits per heavy atom. The van der Waals surface area contributed by atoms with Crippen LogP contribution >= 0.6 is 0 Å². The largest absolute Gasteiger partial charge is 0.443 e. The minimum Gasteiger partial charge on any atom is -0.443 e. The van der Waals surface area contributed by atoms with Crippen molar-refractivity contribution in [3.8, 4) is 0 Å². The van der Waals surface area contributed by atoms with Gasteiger partial charge in [-0.05, 0) is 81.6 Å². The third-order valence-electron chi connectivity index (χ3n) is 11.0. The summed E-state index contributed by atoms with van der Waals surface area (Å²) < 4.78 is 6.87. The molecule has 2 heterocycles. The van der Waals surface area contributed by atoms with Gasteiger partial charge in [-0.3, -0.25) is 19.4 Å². The molecule has 0 saturated heterocycles. The molecular weight excluding hydrogens is 731 g/mol. The molecule has 0 unspecified atom stereocenters. The van der Waals surface area contributed by atoms with E-state index in [0.29, 0.717) is 30.9 Å². The fraction of sp³-hybridized carbons (Fsp3) is 0.574. The monoisotopic (exact) mass is 798 g/mol. The Kier molecular flexibility index (Phi) is 17.0. The maximum atomic E-state index is 14.7. The Morgan fingerprint density at radius 3 is 2.22 bits per heavy atom. The van der Waals surface area contributed by atoms with Gasteiger partial charge >= 0.3 is 6.09 Å². The fourth-order valence-electron chi connectivity index (χ4n) is 7.43. The maximum absolute atomic E-state index is 14.7. The molecule has 1 fully saturated rings. The van der Waals surface area contributed by atoms with Gasteiger partial charge in [-0.1, -0.05) is 109 Å². The fourth-order valence-corrected chi connectivity index (χ4v) is 7.43. The number of ether oxygens (including phenoxy) is 1. The van der Waals surface area contributed by atoms with Gasteiger partial charge in [-0.15, -0.1) is 0 Å². The molecule has 11 nitrogen and oxygen atoms in total. The molecule has 3 aromatic rings. The second kappa shape index (κ2) is 21.4. The van der Waals surface area contributed by atoms with Crippen LogP contribution in [0, 0.1) is 29.1 Å². The van der Waals surface area contributed by atoms with Crippen LogP contribution in [0.4, 0.5) is 4.79 Å². The lowest BCUT2D eigenvalue weighted by atomic mass is 9.81. The molecule has 11 heteroatoms. The number of aromatic nitrogens is 3. The number of pyridine rings is 1. The molecule has 1 saturated carbocycles. The first-order valence-corrected chi connectivity index (χ1v) is 21.1. The van der Waals surface area contributed by atoms with Crippen LogP contribution in [0.5, 0.6) is 0 Å². The molecule has 4 rings (SSSR count). The number of amides is 2. The number of imidazole rings is 1. The normalized spacial score (nSPS) is 16.7. The highest BCUT2D eigenvalue weighted by atomic mass is 16.6. The summed E-state index contributed by atoms with van der Waals surface area (Å²) in [5.41, 5.74) is 0.630. The van der Waals surface area contributed by atoms with Crippen LogP contribution in [0.3, 0.4) is 0 Å². The van der Waals surface area contributed by atoms with Crippen molar-refractivity contribution in [1.82, 2.24) is 25.2 Å². The number of benzene rings is 1. The molecule has 5 atom stereocenters. The highest BCUT2D eigenvalue weighted by Gasteiger charge is 2.35. The number of Topliss-reactive ketones (excluding diaryl/α,β-unsaturated/α-hetero) is 1. The lowest BCUT2D eigenvalue weighted by Crippen LogP contribution is -2.55. The Labute approximate surface area is 345 Å². The Bertz CT molecular complexity index is 1790. The van der Waals surface area contributed by atoms with Gasteiger partial charge in [0.2, 0.25) is 11.8 Å². The minimum absolute atomic E-state index is 0.000502. The van der Waals surface area contributed by atoms with Gasteiger partial charge in [-0.2, -0.15) is 0 Å². The number of aliphatic hydroxyl groups excluding tert-OH is 1. The summed E-state index contributed by atoms with van der Waals surface area (Å²) in [6.07, 6.45) is 13.7. The first-order chi connectivity index (χ1) is 27.4. The predicted molar refractivity (Wildman–Crippen MR) is 228 cm³/mol. The first kappa shape index (κ1) is 46.1. The highest BCUT2D eigenvalue weighted by molar-refractivity contribution is 5.92. The van der Waals surface area contributed by atoms with Crippen LogP contribution in [-0.2, 0) is 32.0 Å². The Hall–Kier alpha value is -4.64. The van der Waals surface area contributed by atoms with E-state index >= 15 is 0 Å². The van der Waals surface area contributed by atoms with Crippen molar-refractivity contribution in [2.45, 2.75) is 143 Å². The lowest BCUT2D eigenvalue weighted by Gasteiger charge is -2.33. The number of ketones is 1. The molecule has 1 aromatic carbocycles. The van der Waals surface area contributed by atoms with E-state index < -0.39 is 53.0 Å². The van der Waals surface area contributed by atoms with Gasteiger partial charge in [0.15, 0.2) is 0 Å². The highest BCUT2D eigenvalue weighted by Crippen LogP contribution is 2.30. The van der Waals surface area contributed by atoms with Gasteiger partial charge in [0.05, 0.1) is 23.5 Å². The van der Waals surface area contributed by atoms with Crippen LogP contribution in [0.2, 0.25) is 0 Å². The SMILES string of the molecule is CC(C)[C@@H](/C=C/c1ccccn1)C[C@H](O)[C@H](CC1CCCCC1)NC(=O)[C@H](Cc1cncn1C(=O)OC(C)(C)C)NC(=O)[C@@H](CC(=O)C(C)(C)C)Cc1ccccc1. The van der Waals surface area contributed by atoms with Crippen LogP contribution in [0.1, 0.15) is 124 Å². The molecule has 1 aliphatic rings. The molecule has 316 valence electrons. The summed E-state index contributed by atoms with van der Waals surface area (Å²) in [7, 11) is 0. The van der Waals surface area contributed by atoms with E-state index in [1.807, 2.05) is 75.4 Å². The average Bonchev–Trinajstić information content (AvgIpc) is 3.64. The minimum atomic E-state index is -1.17. The molecule has 0 bridgehead atoms. The van der Waals surface area contributed by atoms with Crippen molar-refractivity contribution < 1.29 is 29.0 Å². The van der Waals surface area contributed by atoms with Gasteiger partial charge < -0.3 is 20.5 Å². The van der Waals surface area contributed by atoms with Crippen LogP contribution in [-0.4, -0.2) is 67.1 Å². The van der Waals surface area contributed by atoms with Crippen molar-refractivity contribution in [3.05, 3.63) is 90.3 Å². The number of allylic oxidation sites excluding steroid dienone is 1. The van der Waals surface area contributed by atoms with Crippen LogP contribution in [0.25, 0.3) is 6.08 Å². The van der Waals surface area contributed by atoms with Gasteiger partial charge in [0, 0.05) is 36.6 Å². The first-order valence-electron chi connectivity index (χ1n) is 21.1. The van der Waals surface area contributed by atoms with Gasteiger partial charge in [0.1, 0.15) is 23.8 Å². The van der Waals surface area contributed by atoms with Crippen molar-refractivity contribution in [2.75, 3.05) is 0 Å². The number of carbonyl (C=O) groups is 4. The molecule has 2 aromatic heterocycles. The molecule has 3 N–H and O–H groups in total. The van der Waals surface area contributed by atoms with Crippen molar-refractivity contribution in [1.29, 1.82) is 0 Å². The number of hydrogen-bond donors (Lipinski definition) is 3. The van der Waals surface area contributed by atoms with Crippen molar-refractivity contribution in [2.24, 2.45) is 29.1 Å². The molecule has 2 amide bonds. The third-order valence-corrected chi connectivity index (χ3v) is 11.0. The second-order valence-corrected chi connectivity index (χ2v) is 18.4. The van der Waals surface area contributed by atoms with E-state index in [0.717, 1.165) is 36.9 Å². The number of carbonyl (C=O) groups excluding carboxylic acids is 4. The zero-order valence-electron chi connectivity index (χ0n) is 35.9. The topological polar surface area (TPSA) is 153 Å². The molecule has 0 aliphatic heterocycles.